The van der Waals surface area contributed by atoms with Gasteiger partial charge in [-0.15, -0.1) is 0 Å². The summed E-state index contributed by atoms with van der Waals surface area (Å²) in [5.41, 5.74) is 3.60. The highest BCUT2D eigenvalue weighted by Crippen LogP contribution is 2.20. The van der Waals surface area contributed by atoms with Crippen LogP contribution in [0.15, 0.2) is 18.2 Å². The van der Waals surface area contributed by atoms with E-state index in [0.29, 0.717) is 6.04 Å². The Morgan fingerprint density at radius 3 is 2.50 bits per heavy atom. The molecule has 0 aliphatic carbocycles. The van der Waals surface area contributed by atoms with Crippen molar-refractivity contribution in [1.29, 1.82) is 0 Å². The van der Waals surface area contributed by atoms with Crippen LogP contribution in [0.4, 0.5) is 5.69 Å². The first-order valence-corrected chi connectivity index (χ1v) is 9.49. The van der Waals surface area contributed by atoms with Gasteiger partial charge < -0.3 is 20.3 Å². The van der Waals surface area contributed by atoms with Gasteiger partial charge in [-0.3, -0.25) is 0 Å². The van der Waals surface area contributed by atoms with Gasteiger partial charge in [0.05, 0.1) is 0 Å². The van der Waals surface area contributed by atoms with Crippen molar-refractivity contribution >= 4 is 23.0 Å². The van der Waals surface area contributed by atoms with Crippen LogP contribution in [-0.2, 0) is 4.74 Å². The number of nitrogens with one attached hydrogen (secondary N) is 2. The third kappa shape index (κ3) is 4.68. The summed E-state index contributed by atoms with van der Waals surface area (Å²) in [4.78, 5) is 2.64. The zero-order valence-corrected chi connectivity index (χ0v) is 15.6. The summed E-state index contributed by atoms with van der Waals surface area (Å²) in [6.07, 6.45) is 4.69. The standard InChI is InChI=1S/C19H29N3OS/c1-14-3-4-18(15(2)13-14)21-19(24)20-16-5-9-22(10-6-16)17-7-11-23-12-8-17/h3-4,13,16-17H,5-12H2,1-2H3,(H2,20,21,24). The third-order valence-corrected chi connectivity index (χ3v) is 5.42. The van der Waals surface area contributed by atoms with E-state index in [0.717, 1.165) is 56.0 Å². The molecule has 0 aromatic heterocycles. The number of anilines is 1. The molecule has 2 aliphatic heterocycles. The first-order chi connectivity index (χ1) is 11.6. The Kier molecular flexibility index (Phi) is 6.09. The second kappa shape index (κ2) is 8.28. The van der Waals surface area contributed by atoms with Crippen LogP contribution in [0.2, 0.25) is 0 Å². The molecular weight excluding hydrogens is 318 g/mol. The van der Waals surface area contributed by atoms with Gasteiger partial charge in [-0.2, -0.15) is 0 Å². The summed E-state index contributed by atoms with van der Waals surface area (Å²) in [5, 5.41) is 7.59. The van der Waals surface area contributed by atoms with Crippen molar-refractivity contribution in [1.82, 2.24) is 10.2 Å². The van der Waals surface area contributed by atoms with Crippen LogP contribution in [0.25, 0.3) is 0 Å². The van der Waals surface area contributed by atoms with Crippen molar-refractivity contribution < 1.29 is 4.74 Å². The quantitative estimate of drug-likeness (QED) is 0.821. The topological polar surface area (TPSA) is 36.5 Å². The lowest BCUT2D eigenvalue weighted by Gasteiger charge is -2.39. The summed E-state index contributed by atoms with van der Waals surface area (Å²) in [5.74, 6) is 0. The molecule has 2 fully saturated rings. The van der Waals surface area contributed by atoms with Crippen molar-refractivity contribution in [2.24, 2.45) is 0 Å². The molecule has 1 aromatic rings. The van der Waals surface area contributed by atoms with Gasteiger partial charge in [0.2, 0.25) is 0 Å². The Morgan fingerprint density at radius 1 is 1.12 bits per heavy atom. The van der Waals surface area contributed by atoms with E-state index < -0.39 is 0 Å². The molecule has 2 saturated heterocycles. The fourth-order valence-corrected chi connectivity index (χ4v) is 4.03. The van der Waals surface area contributed by atoms with Crippen molar-refractivity contribution in [2.75, 3.05) is 31.6 Å². The second-order valence-electron chi connectivity index (χ2n) is 7.07. The maximum atomic E-state index is 5.51. The Hall–Kier alpha value is -1.17. The van der Waals surface area contributed by atoms with Gasteiger partial charge in [-0.05, 0) is 63.4 Å². The van der Waals surface area contributed by atoms with Gasteiger partial charge in [0.15, 0.2) is 5.11 Å². The molecule has 0 radical (unpaired) electrons. The average molecular weight is 348 g/mol. The van der Waals surface area contributed by atoms with Crippen molar-refractivity contribution in [3.8, 4) is 0 Å². The van der Waals surface area contributed by atoms with Gasteiger partial charge in [0, 0.05) is 44.1 Å². The minimum atomic E-state index is 0.479. The molecule has 0 atom stereocenters. The van der Waals surface area contributed by atoms with Crippen LogP contribution in [0.3, 0.4) is 0 Å². The predicted molar refractivity (Wildman–Crippen MR) is 104 cm³/mol. The Bertz CT molecular complexity index is 564. The minimum Gasteiger partial charge on any atom is -0.381 e. The molecule has 4 nitrogen and oxygen atoms in total. The Balaban J connectivity index is 1.44. The van der Waals surface area contributed by atoms with Crippen LogP contribution < -0.4 is 10.6 Å². The second-order valence-corrected chi connectivity index (χ2v) is 7.48. The highest BCUT2D eigenvalue weighted by Gasteiger charge is 2.26. The monoisotopic (exact) mass is 347 g/mol. The molecule has 0 amide bonds. The number of nitrogens with zero attached hydrogens (tertiary/aromatic N) is 1. The molecule has 1 aromatic carbocycles. The Morgan fingerprint density at radius 2 is 1.83 bits per heavy atom. The summed E-state index contributed by atoms with van der Waals surface area (Å²) in [6.45, 7) is 8.40. The van der Waals surface area contributed by atoms with Crippen LogP contribution in [0.1, 0.15) is 36.8 Å². The average Bonchev–Trinajstić information content (AvgIpc) is 2.59. The summed E-state index contributed by atoms with van der Waals surface area (Å²) in [7, 11) is 0. The number of thiocarbonyl (C=S) groups is 1. The summed E-state index contributed by atoms with van der Waals surface area (Å²) in [6, 6.07) is 7.60. The molecule has 0 bridgehead atoms. The van der Waals surface area contributed by atoms with E-state index in [1.165, 1.54) is 24.0 Å². The van der Waals surface area contributed by atoms with Crippen molar-refractivity contribution in [3.05, 3.63) is 29.3 Å². The van der Waals surface area contributed by atoms with Gasteiger partial charge in [-0.25, -0.2) is 0 Å². The highest BCUT2D eigenvalue weighted by atomic mass is 32.1. The van der Waals surface area contributed by atoms with E-state index in [9.17, 15) is 0 Å². The van der Waals surface area contributed by atoms with Crippen LogP contribution in [-0.4, -0.2) is 48.4 Å². The minimum absolute atomic E-state index is 0.479. The normalized spacial score (nSPS) is 20.8. The molecule has 5 heteroatoms. The SMILES string of the molecule is Cc1ccc(NC(=S)NC2CCN(C3CCOCC3)CC2)c(C)c1. The van der Waals surface area contributed by atoms with E-state index in [2.05, 4.69) is 47.6 Å². The number of hydrogen-bond donors (Lipinski definition) is 2. The van der Waals surface area contributed by atoms with Crippen LogP contribution in [0.5, 0.6) is 0 Å². The van der Waals surface area contributed by atoms with Gasteiger partial charge in [0.25, 0.3) is 0 Å². The number of benzene rings is 1. The largest absolute Gasteiger partial charge is 0.381 e. The maximum Gasteiger partial charge on any atom is 0.171 e. The molecule has 132 valence electrons. The van der Waals surface area contributed by atoms with E-state index in [-0.39, 0.29) is 0 Å². The molecule has 2 heterocycles. The van der Waals surface area contributed by atoms with Gasteiger partial charge >= 0.3 is 0 Å². The van der Waals surface area contributed by atoms with Crippen LogP contribution >= 0.6 is 12.2 Å². The Labute approximate surface area is 150 Å². The number of likely N-dealkylation sites (tertiary alicyclic amines) is 1. The van der Waals surface area contributed by atoms with Crippen molar-refractivity contribution in [2.45, 2.75) is 51.6 Å². The number of hydrogen-bond acceptors (Lipinski definition) is 3. The zero-order valence-electron chi connectivity index (χ0n) is 14.8. The van der Waals surface area contributed by atoms with E-state index >= 15 is 0 Å². The summed E-state index contributed by atoms with van der Waals surface area (Å²) >= 11 is 5.51. The molecule has 24 heavy (non-hydrogen) atoms. The third-order valence-electron chi connectivity index (χ3n) is 5.20. The summed E-state index contributed by atoms with van der Waals surface area (Å²) < 4.78 is 5.47. The first-order valence-electron chi connectivity index (χ1n) is 9.08. The lowest BCUT2D eigenvalue weighted by Crippen LogP contribution is -2.49. The molecule has 2 aliphatic rings. The highest BCUT2D eigenvalue weighted by molar-refractivity contribution is 7.80. The predicted octanol–water partition coefficient (Wildman–Crippen LogP) is 3.23. The molecule has 2 N–H and O–H groups in total. The lowest BCUT2D eigenvalue weighted by atomic mass is 10.00. The van der Waals surface area contributed by atoms with Gasteiger partial charge in [-0.1, -0.05) is 17.7 Å². The fourth-order valence-electron chi connectivity index (χ4n) is 3.76. The molecular formula is C19H29N3OS. The molecule has 3 rings (SSSR count). The van der Waals surface area contributed by atoms with E-state index in [4.69, 9.17) is 17.0 Å². The fraction of sp³-hybridized carbons (Fsp3) is 0.632. The van der Waals surface area contributed by atoms with Crippen molar-refractivity contribution in [3.63, 3.8) is 0 Å². The maximum absolute atomic E-state index is 5.51. The van der Waals surface area contributed by atoms with Crippen LogP contribution in [0, 0.1) is 13.8 Å². The number of piperidine rings is 1. The zero-order chi connectivity index (χ0) is 16.9. The molecule has 0 unspecified atom stereocenters. The first kappa shape index (κ1) is 17.6. The molecule has 0 spiro atoms. The smallest absolute Gasteiger partial charge is 0.171 e. The number of ether oxygens (including phenoxy) is 1. The molecule has 0 saturated carbocycles. The number of rotatable bonds is 3. The van der Waals surface area contributed by atoms with E-state index in [1.54, 1.807) is 0 Å². The van der Waals surface area contributed by atoms with E-state index in [1.807, 2.05) is 0 Å². The number of aryl methyl sites for hydroxylation is 2. The lowest BCUT2D eigenvalue weighted by molar-refractivity contribution is 0.0247. The van der Waals surface area contributed by atoms with Gasteiger partial charge in [0.1, 0.15) is 0 Å².